The highest BCUT2D eigenvalue weighted by molar-refractivity contribution is 8.00. The fourth-order valence-corrected chi connectivity index (χ4v) is 5.34. The van der Waals surface area contributed by atoms with Crippen LogP contribution >= 0.6 is 34.7 Å². The van der Waals surface area contributed by atoms with Gasteiger partial charge in [0.1, 0.15) is 0 Å². The van der Waals surface area contributed by atoms with Gasteiger partial charge in [0.05, 0.1) is 22.5 Å². The van der Waals surface area contributed by atoms with Crippen molar-refractivity contribution in [1.29, 1.82) is 0 Å². The number of aromatic nitrogens is 1. The first-order chi connectivity index (χ1) is 12.4. The van der Waals surface area contributed by atoms with Crippen LogP contribution in [0.2, 0.25) is 5.02 Å². The third kappa shape index (κ3) is 3.90. The molecule has 1 atom stereocenters. The summed E-state index contributed by atoms with van der Waals surface area (Å²) in [6.45, 7) is 6.05. The van der Waals surface area contributed by atoms with E-state index in [-0.39, 0.29) is 11.9 Å². The molecule has 0 radical (unpaired) electrons. The molecule has 0 aliphatic rings. The highest BCUT2D eigenvalue weighted by atomic mass is 35.5. The van der Waals surface area contributed by atoms with Crippen LogP contribution in [0.1, 0.15) is 28.5 Å². The lowest BCUT2D eigenvalue weighted by atomic mass is 10.1. The van der Waals surface area contributed by atoms with Gasteiger partial charge in [-0.1, -0.05) is 35.9 Å². The van der Waals surface area contributed by atoms with Crippen molar-refractivity contribution >= 4 is 51.4 Å². The average molecular weight is 405 g/mol. The third-order valence-electron chi connectivity index (χ3n) is 4.46. The number of rotatable bonds is 5. The number of fused-ring (bicyclic) bond motifs is 1. The largest absolute Gasteiger partial charge is 0.337 e. The standard InChI is InChI=1S/C20H21ClN2OS2/c1-12-20(26-14(3)22-12)13(2)23(4)18(24)11-25-17-10-6-8-15-7-5-9-16(21)19(15)17/h5-10,13H,11H2,1-4H3. The van der Waals surface area contributed by atoms with E-state index in [0.717, 1.165) is 36.3 Å². The van der Waals surface area contributed by atoms with Gasteiger partial charge in [-0.05, 0) is 38.3 Å². The molecule has 0 bridgehead atoms. The summed E-state index contributed by atoms with van der Waals surface area (Å²) in [5, 5.41) is 3.85. The molecule has 0 N–H and O–H groups in total. The highest BCUT2D eigenvalue weighted by Gasteiger charge is 2.21. The van der Waals surface area contributed by atoms with Crippen LogP contribution in [-0.2, 0) is 4.79 Å². The lowest BCUT2D eigenvalue weighted by Crippen LogP contribution is -2.31. The Kier molecular flexibility index (Phi) is 5.90. The first-order valence-corrected chi connectivity index (χ1v) is 10.6. The molecule has 136 valence electrons. The summed E-state index contributed by atoms with van der Waals surface area (Å²) in [7, 11) is 1.86. The number of thiazole rings is 1. The molecule has 1 unspecified atom stereocenters. The van der Waals surface area contributed by atoms with Gasteiger partial charge >= 0.3 is 0 Å². The lowest BCUT2D eigenvalue weighted by Gasteiger charge is -2.24. The molecule has 1 heterocycles. The number of halogens is 1. The Bertz CT molecular complexity index is 949. The summed E-state index contributed by atoms with van der Waals surface area (Å²) in [6.07, 6.45) is 0. The number of nitrogens with zero attached hydrogens (tertiary/aromatic N) is 2. The van der Waals surface area contributed by atoms with Gasteiger partial charge in [-0.2, -0.15) is 0 Å². The number of hydrogen-bond donors (Lipinski definition) is 0. The topological polar surface area (TPSA) is 33.2 Å². The molecule has 1 aromatic heterocycles. The molecule has 3 rings (SSSR count). The normalized spacial score (nSPS) is 12.3. The fraction of sp³-hybridized carbons (Fsp3) is 0.300. The molecule has 0 aliphatic heterocycles. The van der Waals surface area contributed by atoms with Crippen LogP contribution < -0.4 is 0 Å². The summed E-state index contributed by atoms with van der Waals surface area (Å²) in [6, 6.07) is 11.9. The molecule has 2 aromatic carbocycles. The predicted molar refractivity (Wildman–Crippen MR) is 112 cm³/mol. The maximum Gasteiger partial charge on any atom is 0.233 e. The molecule has 0 aliphatic carbocycles. The molecule has 3 aromatic rings. The minimum atomic E-state index is 0.0189. The molecule has 0 saturated carbocycles. The molecule has 0 spiro atoms. The maximum absolute atomic E-state index is 12.7. The van der Waals surface area contributed by atoms with Crippen molar-refractivity contribution in [3.8, 4) is 0 Å². The van der Waals surface area contributed by atoms with Gasteiger partial charge in [-0.25, -0.2) is 4.98 Å². The number of amides is 1. The molecule has 0 saturated heterocycles. The van der Waals surface area contributed by atoms with E-state index in [0.29, 0.717) is 5.75 Å². The van der Waals surface area contributed by atoms with Gasteiger partial charge in [0, 0.05) is 27.2 Å². The summed E-state index contributed by atoms with van der Waals surface area (Å²) in [4.78, 5) is 21.2. The molecular weight excluding hydrogens is 384 g/mol. The first-order valence-electron chi connectivity index (χ1n) is 8.38. The molecular formula is C20H21ClN2OS2. The molecule has 0 fully saturated rings. The van der Waals surface area contributed by atoms with Crippen molar-refractivity contribution in [2.24, 2.45) is 0 Å². The Morgan fingerprint density at radius 3 is 2.62 bits per heavy atom. The quantitative estimate of drug-likeness (QED) is 0.498. The molecule has 26 heavy (non-hydrogen) atoms. The zero-order valence-electron chi connectivity index (χ0n) is 15.2. The van der Waals surface area contributed by atoms with Crippen molar-refractivity contribution in [3.63, 3.8) is 0 Å². The minimum absolute atomic E-state index is 0.0189. The van der Waals surface area contributed by atoms with Crippen LogP contribution in [0.15, 0.2) is 41.3 Å². The number of thioether (sulfide) groups is 1. The van der Waals surface area contributed by atoms with Gasteiger partial charge in [0.15, 0.2) is 0 Å². The van der Waals surface area contributed by atoms with Crippen LogP contribution in [0.3, 0.4) is 0 Å². The fourth-order valence-electron chi connectivity index (χ4n) is 2.95. The van der Waals surface area contributed by atoms with Crippen molar-refractivity contribution in [2.45, 2.75) is 31.7 Å². The molecule has 6 heteroatoms. The second-order valence-electron chi connectivity index (χ2n) is 6.25. The average Bonchev–Trinajstić information content (AvgIpc) is 2.96. The van der Waals surface area contributed by atoms with Crippen molar-refractivity contribution in [1.82, 2.24) is 9.88 Å². The van der Waals surface area contributed by atoms with Crippen molar-refractivity contribution in [3.05, 3.63) is 57.0 Å². The van der Waals surface area contributed by atoms with E-state index in [1.54, 1.807) is 16.2 Å². The lowest BCUT2D eigenvalue weighted by molar-refractivity contribution is -0.128. The van der Waals surface area contributed by atoms with Gasteiger partial charge < -0.3 is 4.90 Å². The van der Waals surface area contributed by atoms with Crippen molar-refractivity contribution in [2.75, 3.05) is 12.8 Å². The van der Waals surface area contributed by atoms with E-state index in [1.807, 2.05) is 57.3 Å². The van der Waals surface area contributed by atoms with Crippen LogP contribution in [0.5, 0.6) is 0 Å². The van der Waals surface area contributed by atoms with E-state index in [9.17, 15) is 4.79 Å². The van der Waals surface area contributed by atoms with Crippen LogP contribution in [0.4, 0.5) is 0 Å². The number of aryl methyl sites for hydroxylation is 2. The van der Waals surface area contributed by atoms with E-state index >= 15 is 0 Å². The van der Waals surface area contributed by atoms with E-state index < -0.39 is 0 Å². The maximum atomic E-state index is 12.7. The predicted octanol–water partition coefficient (Wildman–Crippen LogP) is 5.88. The second kappa shape index (κ2) is 7.99. The summed E-state index contributed by atoms with van der Waals surface area (Å²) in [5.74, 6) is 0.471. The van der Waals surface area contributed by atoms with Crippen LogP contribution in [0, 0.1) is 13.8 Å². The Morgan fingerprint density at radius 1 is 1.27 bits per heavy atom. The Hall–Kier alpha value is -1.56. The van der Waals surface area contributed by atoms with Gasteiger partial charge in [-0.15, -0.1) is 23.1 Å². The van der Waals surface area contributed by atoms with E-state index in [2.05, 4.69) is 11.9 Å². The summed E-state index contributed by atoms with van der Waals surface area (Å²) < 4.78 is 0. The van der Waals surface area contributed by atoms with Crippen molar-refractivity contribution < 1.29 is 4.79 Å². The molecule has 1 amide bonds. The number of hydrogen-bond acceptors (Lipinski definition) is 4. The smallest absolute Gasteiger partial charge is 0.233 e. The van der Waals surface area contributed by atoms with Gasteiger partial charge in [0.25, 0.3) is 0 Å². The van der Waals surface area contributed by atoms with E-state index in [1.165, 1.54) is 11.8 Å². The van der Waals surface area contributed by atoms with Crippen LogP contribution in [-0.4, -0.2) is 28.6 Å². The monoisotopic (exact) mass is 404 g/mol. The van der Waals surface area contributed by atoms with Gasteiger partial charge in [0.2, 0.25) is 5.91 Å². The Balaban J connectivity index is 1.74. The SMILES string of the molecule is Cc1nc(C)c(C(C)N(C)C(=O)CSc2cccc3cccc(Cl)c23)s1. The number of carbonyl (C=O) groups excluding carboxylic acids is 1. The second-order valence-corrected chi connectivity index (χ2v) is 8.91. The summed E-state index contributed by atoms with van der Waals surface area (Å²) in [5.41, 5.74) is 1.01. The number of carbonyl (C=O) groups is 1. The molecule has 3 nitrogen and oxygen atoms in total. The highest BCUT2D eigenvalue weighted by Crippen LogP contribution is 2.34. The Labute approximate surface area is 167 Å². The van der Waals surface area contributed by atoms with Crippen LogP contribution in [0.25, 0.3) is 10.8 Å². The third-order valence-corrected chi connectivity index (χ3v) is 7.06. The van der Waals surface area contributed by atoms with E-state index in [4.69, 9.17) is 11.6 Å². The summed E-state index contributed by atoms with van der Waals surface area (Å²) >= 11 is 9.57. The Morgan fingerprint density at radius 2 is 1.96 bits per heavy atom. The number of benzene rings is 2. The zero-order chi connectivity index (χ0) is 18.8. The zero-order valence-corrected chi connectivity index (χ0v) is 17.6. The van der Waals surface area contributed by atoms with Gasteiger partial charge in [-0.3, -0.25) is 4.79 Å². The first kappa shape index (κ1) is 19.2. The minimum Gasteiger partial charge on any atom is -0.337 e.